The minimum atomic E-state index is -1.51. The van der Waals surface area contributed by atoms with Crippen molar-refractivity contribution in [2.45, 2.75) is 37.8 Å². The molecule has 2 aromatic heterocycles. The van der Waals surface area contributed by atoms with E-state index in [1.165, 1.54) is 16.7 Å². The highest BCUT2D eigenvalue weighted by Gasteiger charge is 2.53. The first-order chi connectivity index (χ1) is 18.6. The Morgan fingerprint density at radius 3 is 2.41 bits per heavy atom. The number of pyridine rings is 1. The average molecular weight is 547 g/mol. The van der Waals surface area contributed by atoms with Crippen LogP contribution in [0.5, 0.6) is 5.88 Å². The summed E-state index contributed by atoms with van der Waals surface area (Å²) in [7, 11) is -1.35. The molecule has 0 saturated carbocycles. The van der Waals surface area contributed by atoms with Gasteiger partial charge in [0.25, 0.3) is 5.91 Å². The van der Waals surface area contributed by atoms with E-state index in [1.54, 1.807) is 36.8 Å². The molecule has 202 valence electrons. The van der Waals surface area contributed by atoms with E-state index in [-0.39, 0.29) is 19.2 Å². The summed E-state index contributed by atoms with van der Waals surface area (Å²) < 4.78 is 21.1. The smallest absolute Gasteiger partial charge is 0.327 e. The molecule has 2 aromatic carbocycles. The molecule has 8 nitrogen and oxygen atoms in total. The lowest BCUT2D eigenvalue weighted by Gasteiger charge is -2.28. The highest BCUT2D eigenvalue weighted by Crippen LogP contribution is 2.36. The number of benzene rings is 2. The Morgan fingerprint density at radius 1 is 1.03 bits per heavy atom. The van der Waals surface area contributed by atoms with Gasteiger partial charge in [0.2, 0.25) is 0 Å². The molecule has 1 atom stereocenters. The molecule has 4 aromatic rings. The first-order valence-corrected chi connectivity index (χ1v) is 16.5. The monoisotopic (exact) mass is 546 g/mol. The number of carbonyl (C=O) groups is 2. The summed E-state index contributed by atoms with van der Waals surface area (Å²) >= 11 is 0. The van der Waals surface area contributed by atoms with Crippen LogP contribution in [-0.4, -0.2) is 52.9 Å². The summed E-state index contributed by atoms with van der Waals surface area (Å²) in [6.45, 7) is 6.87. The van der Waals surface area contributed by atoms with Gasteiger partial charge in [-0.15, -0.1) is 0 Å². The maximum Gasteiger partial charge on any atom is 0.327 e. The summed E-state index contributed by atoms with van der Waals surface area (Å²) in [6.07, 6.45) is 5.05. The van der Waals surface area contributed by atoms with Crippen molar-refractivity contribution in [2.75, 3.05) is 13.3 Å². The number of aromatic nitrogens is 2. The van der Waals surface area contributed by atoms with Gasteiger partial charge < -0.3 is 19.7 Å². The molecule has 3 amide bonds. The number of rotatable bonds is 9. The second-order valence-electron chi connectivity index (χ2n) is 11.0. The van der Waals surface area contributed by atoms with E-state index in [0.717, 1.165) is 22.1 Å². The Morgan fingerprint density at radius 2 is 1.72 bits per heavy atom. The zero-order chi connectivity index (χ0) is 27.8. The van der Waals surface area contributed by atoms with Gasteiger partial charge in [0, 0.05) is 44.0 Å². The van der Waals surface area contributed by atoms with E-state index in [1.807, 2.05) is 24.3 Å². The van der Waals surface area contributed by atoms with E-state index in [4.69, 9.17) is 4.74 Å². The summed E-state index contributed by atoms with van der Waals surface area (Å²) in [5.74, 6) is -1.16. The number of amides is 3. The maximum absolute atomic E-state index is 14.0. The molecule has 10 heteroatoms. The van der Waals surface area contributed by atoms with Crippen LogP contribution in [0.25, 0.3) is 21.9 Å². The summed E-state index contributed by atoms with van der Waals surface area (Å²) in [5, 5.41) is 14.7. The van der Waals surface area contributed by atoms with Crippen molar-refractivity contribution in [1.29, 1.82) is 0 Å². The van der Waals surface area contributed by atoms with Gasteiger partial charge >= 0.3 is 6.03 Å². The first-order valence-electron chi connectivity index (χ1n) is 12.8. The molecule has 0 aliphatic carbocycles. The maximum atomic E-state index is 14.0. The molecule has 0 spiro atoms. The number of hydrogen-bond acceptors (Lipinski definition) is 5. The topological polar surface area (TPSA) is 96.7 Å². The molecule has 1 saturated heterocycles. The fourth-order valence-corrected chi connectivity index (χ4v) is 5.51. The number of fused-ring (bicyclic) bond motifs is 1. The quantitative estimate of drug-likeness (QED) is 0.169. The number of imide groups is 1. The van der Waals surface area contributed by atoms with Crippen molar-refractivity contribution >= 4 is 30.8 Å². The molecule has 0 radical (unpaired) electrons. The fraction of sp³-hybridized carbons (Fsp3) is 0.276. The van der Waals surface area contributed by atoms with E-state index < -0.39 is 31.4 Å². The molecular formula is C29H31FN4O4Si. The van der Waals surface area contributed by atoms with E-state index in [0.29, 0.717) is 22.9 Å². The zero-order valence-corrected chi connectivity index (χ0v) is 23.1. The molecule has 5 rings (SSSR count). The fourth-order valence-electron chi connectivity index (χ4n) is 4.76. The van der Waals surface area contributed by atoms with Crippen LogP contribution in [0.15, 0.2) is 73.2 Å². The molecule has 2 N–H and O–H groups in total. The molecule has 39 heavy (non-hydrogen) atoms. The number of urea groups is 1. The van der Waals surface area contributed by atoms with Gasteiger partial charge in [0.15, 0.2) is 11.4 Å². The summed E-state index contributed by atoms with van der Waals surface area (Å²) in [5.41, 5.74) is 0.915. The minimum absolute atomic E-state index is 0.0975. The SMILES string of the molecule is C[Si](C)(C)CCOCN1C(=O)N[C@@](Cn2cc3ccc(F)cc3c2O)(c2ccc(-c3ccncc3)cc2)C1=O. The number of ether oxygens (including phenoxy) is 1. The number of nitrogens with one attached hydrogen (secondary N) is 1. The Hall–Kier alpha value is -4.02. The van der Waals surface area contributed by atoms with Crippen LogP contribution in [0.4, 0.5) is 9.18 Å². The molecule has 1 fully saturated rings. The van der Waals surface area contributed by atoms with Crippen molar-refractivity contribution in [3.05, 3.63) is 84.6 Å². The Labute approximate surface area is 227 Å². The van der Waals surface area contributed by atoms with Crippen LogP contribution < -0.4 is 5.32 Å². The second-order valence-corrected chi connectivity index (χ2v) is 16.7. The zero-order valence-electron chi connectivity index (χ0n) is 22.1. The standard InChI is InChI=1S/C29H31FN4O4Si/c1-39(2,3)15-14-38-19-34-27(36)29(32-28(34)37,18-33-17-22-6-9-24(30)16-25(22)26(33)35)23-7-4-20(5-8-23)21-10-12-31-13-11-21/h4-13,16-17,35H,14-15,18-19H2,1-3H3,(H,32,37)/t29-/m0/s1. The lowest BCUT2D eigenvalue weighted by atomic mass is 9.88. The van der Waals surface area contributed by atoms with Gasteiger partial charge in [-0.2, -0.15) is 0 Å². The van der Waals surface area contributed by atoms with E-state index >= 15 is 0 Å². The van der Waals surface area contributed by atoms with Crippen LogP contribution in [0.3, 0.4) is 0 Å². The highest BCUT2D eigenvalue weighted by molar-refractivity contribution is 6.76. The average Bonchev–Trinajstić information content (AvgIpc) is 3.34. The molecule has 1 aliphatic rings. The number of halogens is 1. The largest absolute Gasteiger partial charge is 0.494 e. The van der Waals surface area contributed by atoms with Crippen molar-refractivity contribution in [2.24, 2.45) is 0 Å². The van der Waals surface area contributed by atoms with Gasteiger partial charge in [-0.25, -0.2) is 14.1 Å². The number of hydrogen-bond donors (Lipinski definition) is 2. The van der Waals surface area contributed by atoms with Crippen molar-refractivity contribution in [1.82, 2.24) is 19.8 Å². The third-order valence-electron chi connectivity index (χ3n) is 7.01. The Bertz CT molecular complexity index is 1520. The first kappa shape index (κ1) is 26.6. The third-order valence-corrected chi connectivity index (χ3v) is 8.72. The summed E-state index contributed by atoms with van der Waals surface area (Å²) in [6, 6.07) is 15.5. The van der Waals surface area contributed by atoms with E-state index in [2.05, 4.69) is 29.9 Å². The van der Waals surface area contributed by atoms with Crippen molar-refractivity contribution in [3.63, 3.8) is 0 Å². The second kappa shape index (κ2) is 10.3. The van der Waals surface area contributed by atoms with Gasteiger partial charge in [0.05, 0.1) is 6.54 Å². The van der Waals surface area contributed by atoms with Crippen molar-refractivity contribution in [3.8, 4) is 17.0 Å². The third kappa shape index (κ3) is 5.30. The van der Waals surface area contributed by atoms with Crippen LogP contribution in [-0.2, 0) is 21.6 Å². The van der Waals surface area contributed by atoms with Crippen LogP contribution in [0, 0.1) is 5.82 Å². The number of aromatic hydroxyl groups is 1. The van der Waals surface area contributed by atoms with Crippen LogP contribution >= 0.6 is 0 Å². The van der Waals surface area contributed by atoms with Gasteiger partial charge in [0.1, 0.15) is 12.5 Å². The normalized spacial score (nSPS) is 17.7. The van der Waals surface area contributed by atoms with Crippen molar-refractivity contribution < 1.29 is 23.8 Å². The van der Waals surface area contributed by atoms with Gasteiger partial charge in [-0.05, 0) is 53.1 Å². The highest BCUT2D eigenvalue weighted by atomic mass is 28.3. The van der Waals surface area contributed by atoms with Gasteiger partial charge in [-0.3, -0.25) is 9.78 Å². The van der Waals surface area contributed by atoms with Gasteiger partial charge in [-0.1, -0.05) is 43.9 Å². The Kier molecular flexibility index (Phi) is 7.00. The minimum Gasteiger partial charge on any atom is -0.494 e. The number of nitrogens with zero attached hydrogens (tertiary/aromatic N) is 3. The van der Waals surface area contributed by atoms with E-state index in [9.17, 15) is 19.1 Å². The summed E-state index contributed by atoms with van der Waals surface area (Å²) in [4.78, 5) is 32.2. The molecule has 1 aliphatic heterocycles. The molecule has 0 bridgehead atoms. The lowest BCUT2D eigenvalue weighted by molar-refractivity contribution is -0.135. The Balaban J connectivity index is 1.50. The molecule has 0 unspecified atom stereocenters. The lowest BCUT2D eigenvalue weighted by Crippen LogP contribution is -2.47. The van der Waals surface area contributed by atoms with Crippen LogP contribution in [0.1, 0.15) is 5.56 Å². The molecule has 3 heterocycles. The number of carbonyl (C=O) groups excluding carboxylic acids is 2. The molecular weight excluding hydrogens is 515 g/mol. The predicted molar refractivity (Wildman–Crippen MR) is 149 cm³/mol. The van der Waals surface area contributed by atoms with Crippen LogP contribution in [0.2, 0.25) is 25.7 Å². The predicted octanol–water partition coefficient (Wildman–Crippen LogP) is 5.31.